The molecule has 128 valence electrons. The molecule has 0 spiro atoms. The third-order valence-corrected chi connectivity index (χ3v) is 3.86. The highest BCUT2D eigenvalue weighted by atomic mass is 32.1. The Labute approximate surface area is 146 Å². The number of carbonyl (C=O) groups excluding carboxylic acids is 2. The van der Waals surface area contributed by atoms with Crippen LogP contribution in [-0.4, -0.2) is 35.7 Å². The van der Waals surface area contributed by atoms with Gasteiger partial charge in [0.25, 0.3) is 5.91 Å². The number of amides is 3. The molecule has 0 radical (unpaired) electrons. The Bertz CT molecular complexity index is 689. The van der Waals surface area contributed by atoms with Crippen molar-refractivity contribution in [3.05, 3.63) is 42.0 Å². The fourth-order valence-corrected chi connectivity index (χ4v) is 2.40. The van der Waals surface area contributed by atoms with Gasteiger partial charge in [0.1, 0.15) is 11.3 Å². The molecular weight excluding hydrogens is 328 g/mol. The second kappa shape index (κ2) is 6.88. The topological polar surface area (TPSA) is 82.7 Å². The van der Waals surface area contributed by atoms with Gasteiger partial charge in [-0.05, 0) is 43.8 Å². The molecule has 0 bridgehead atoms. The van der Waals surface area contributed by atoms with Crippen molar-refractivity contribution in [3.63, 3.8) is 0 Å². The quantitative estimate of drug-likeness (QED) is 0.424. The largest absolute Gasteiger partial charge is 0.497 e. The first-order valence-electron chi connectivity index (χ1n) is 7.28. The summed E-state index contributed by atoms with van der Waals surface area (Å²) in [5.74, 6) is 0.219. The van der Waals surface area contributed by atoms with Crippen LogP contribution in [0.1, 0.15) is 19.4 Å². The lowest BCUT2D eigenvalue weighted by Crippen LogP contribution is -2.51. The van der Waals surface area contributed by atoms with Gasteiger partial charge in [-0.15, -0.1) is 0 Å². The Morgan fingerprint density at radius 1 is 1.38 bits per heavy atom. The lowest BCUT2D eigenvalue weighted by atomic mass is 9.92. The van der Waals surface area contributed by atoms with E-state index < -0.39 is 17.5 Å². The number of rotatable bonds is 5. The van der Waals surface area contributed by atoms with E-state index in [1.807, 2.05) is 6.92 Å². The number of urea groups is 1. The molecule has 1 aliphatic rings. The molecule has 3 N–H and O–H groups in total. The molecular formula is C16H20N4O3S. The Kier molecular flexibility index (Phi) is 5.08. The third-order valence-electron chi connectivity index (χ3n) is 3.62. The molecule has 7 nitrogen and oxygen atoms in total. The Morgan fingerprint density at radius 2 is 2.00 bits per heavy atom. The smallest absolute Gasteiger partial charge is 0.344 e. The minimum Gasteiger partial charge on any atom is -0.497 e. The second-order valence-electron chi connectivity index (χ2n) is 5.68. The maximum Gasteiger partial charge on any atom is 0.344 e. The highest BCUT2D eigenvalue weighted by Crippen LogP contribution is 2.29. The molecule has 0 aromatic heterocycles. The summed E-state index contributed by atoms with van der Waals surface area (Å²) < 4.78 is 5.11. The minimum absolute atomic E-state index is 0.167. The lowest BCUT2D eigenvalue weighted by Gasteiger charge is -2.23. The van der Waals surface area contributed by atoms with E-state index in [1.54, 1.807) is 38.3 Å². The van der Waals surface area contributed by atoms with Gasteiger partial charge in [0.2, 0.25) is 0 Å². The highest BCUT2D eigenvalue weighted by Gasteiger charge is 2.49. The molecule has 2 rings (SSSR count). The van der Waals surface area contributed by atoms with Crippen LogP contribution in [0, 0.1) is 0 Å². The fourth-order valence-electron chi connectivity index (χ4n) is 2.23. The molecule has 1 atom stereocenters. The van der Waals surface area contributed by atoms with Crippen LogP contribution in [0.4, 0.5) is 4.79 Å². The zero-order valence-electron chi connectivity index (χ0n) is 13.8. The van der Waals surface area contributed by atoms with Gasteiger partial charge >= 0.3 is 6.03 Å². The zero-order valence-corrected chi connectivity index (χ0v) is 14.6. The van der Waals surface area contributed by atoms with Crippen LogP contribution < -0.4 is 20.8 Å². The van der Waals surface area contributed by atoms with Gasteiger partial charge in [0.05, 0.1) is 7.11 Å². The summed E-state index contributed by atoms with van der Waals surface area (Å²) in [7, 11) is 1.56. The first-order valence-corrected chi connectivity index (χ1v) is 7.69. The van der Waals surface area contributed by atoms with Gasteiger partial charge in [-0.3, -0.25) is 10.2 Å². The molecule has 0 unspecified atom stereocenters. The van der Waals surface area contributed by atoms with E-state index in [0.717, 1.165) is 10.6 Å². The lowest BCUT2D eigenvalue weighted by molar-refractivity contribution is -0.132. The van der Waals surface area contributed by atoms with Crippen LogP contribution in [0.2, 0.25) is 0 Å². The summed E-state index contributed by atoms with van der Waals surface area (Å²) in [5, 5.41) is 6.59. The number of imide groups is 1. The van der Waals surface area contributed by atoms with Gasteiger partial charge in [0, 0.05) is 6.54 Å². The molecule has 0 aliphatic carbocycles. The van der Waals surface area contributed by atoms with Crippen molar-refractivity contribution in [3.8, 4) is 5.75 Å². The van der Waals surface area contributed by atoms with Crippen molar-refractivity contribution in [2.75, 3.05) is 13.7 Å². The third kappa shape index (κ3) is 3.48. The van der Waals surface area contributed by atoms with Crippen molar-refractivity contribution < 1.29 is 14.3 Å². The van der Waals surface area contributed by atoms with Gasteiger partial charge < -0.3 is 15.4 Å². The number of hydrazine groups is 1. The van der Waals surface area contributed by atoms with Crippen LogP contribution in [0.3, 0.4) is 0 Å². The van der Waals surface area contributed by atoms with E-state index in [1.165, 1.54) is 0 Å². The fraction of sp³-hybridized carbons (Fsp3) is 0.312. The predicted octanol–water partition coefficient (Wildman–Crippen LogP) is 1.42. The van der Waals surface area contributed by atoms with E-state index in [4.69, 9.17) is 17.0 Å². The molecule has 1 saturated heterocycles. The molecule has 1 fully saturated rings. The monoisotopic (exact) mass is 348 g/mol. The van der Waals surface area contributed by atoms with E-state index in [0.29, 0.717) is 17.9 Å². The maximum atomic E-state index is 12.7. The first kappa shape index (κ1) is 17.7. The molecule has 8 heteroatoms. The normalized spacial score (nSPS) is 19.7. The maximum absolute atomic E-state index is 12.7. The Morgan fingerprint density at radius 3 is 2.54 bits per heavy atom. The van der Waals surface area contributed by atoms with Crippen molar-refractivity contribution in [2.45, 2.75) is 19.4 Å². The van der Waals surface area contributed by atoms with Gasteiger partial charge in [-0.25, -0.2) is 4.79 Å². The SMILES string of the molecule is C=C(C)CNC(=S)NN1C(=O)N[C@@](C)(c2ccc(OC)cc2)C1=O. The molecule has 1 heterocycles. The van der Waals surface area contributed by atoms with E-state index in [-0.39, 0.29) is 5.11 Å². The number of carbonyl (C=O) groups is 2. The summed E-state index contributed by atoms with van der Waals surface area (Å²) in [6, 6.07) is 6.36. The van der Waals surface area contributed by atoms with Crippen LogP contribution >= 0.6 is 12.2 Å². The Hall–Kier alpha value is -2.61. The number of ether oxygens (including phenoxy) is 1. The van der Waals surface area contributed by atoms with Gasteiger partial charge in [-0.2, -0.15) is 5.01 Å². The standard InChI is InChI=1S/C16H20N4O3S/c1-10(2)9-17-14(24)19-20-13(21)16(3,18-15(20)22)11-5-7-12(23-4)8-6-11/h5-8H,1,9H2,2-4H3,(H,18,22)(H2,17,19,24)/t16-/m0/s1. The molecule has 1 aromatic carbocycles. The highest BCUT2D eigenvalue weighted by molar-refractivity contribution is 7.80. The summed E-state index contributed by atoms with van der Waals surface area (Å²) in [6.07, 6.45) is 0. The van der Waals surface area contributed by atoms with E-state index in [9.17, 15) is 9.59 Å². The number of hydrogen-bond acceptors (Lipinski definition) is 4. The number of hydrogen-bond donors (Lipinski definition) is 3. The minimum atomic E-state index is -1.18. The second-order valence-corrected chi connectivity index (χ2v) is 6.08. The molecule has 1 aromatic rings. The zero-order chi connectivity index (χ0) is 17.9. The number of methoxy groups -OCH3 is 1. The Balaban J connectivity index is 2.14. The van der Waals surface area contributed by atoms with Crippen LogP contribution in [-0.2, 0) is 10.3 Å². The molecule has 1 aliphatic heterocycles. The molecule has 0 saturated carbocycles. The van der Waals surface area contributed by atoms with E-state index in [2.05, 4.69) is 22.6 Å². The predicted molar refractivity (Wildman–Crippen MR) is 94.3 cm³/mol. The molecule has 3 amide bonds. The van der Waals surface area contributed by atoms with Crippen LogP contribution in [0.15, 0.2) is 36.4 Å². The number of benzene rings is 1. The van der Waals surface area contributed by atoms with Gasteiger partial charge in [-0.1, -0.05) is 24.3 Å². The first-order chi connectivity index (χ1) is 11.3. The number of nitrogens with zero attached hydrogens (tertiary/aromatic N) is 1. The summed E-state index contributed by atoms with van der Waals surface area (Å²) in [4.78, 5) is 24.9. The van der Waals surface area contributed by atoms with Crippen molar-refractivity contribution in [1.82, 2.24) is 21.1 Å². The average Bonchev–Trinajstić information content (AvgIpc) is 2.77. The summed E-state index contributed by atoms with van der Waals surface area (Å²) in [6.45, 7) is 7.67. The average molecular weight is 348 g/mol. The van der Waals surface area contributed by atoms with Gasteiger partial charge in [0.15, 0.2) is 5.11 Å². The van der Waals surface area contributed by atoms with Crippen molar-refractivity contribution in [1.29, 1.82) is 0 Å². The number of thiocarbonyl (C=S) groups is 1. The van der Waals surface area contributed by atoms with Crippen LogP contribution in [0.25, 0.3) is 0 Å². The van der Waals surface area contributed by atoms with Crippen molar-refractivity contribution >= 4 is 29.3 Å². The molecule has 24 heavy (non-hydrogen) atoms. The summed E-state index contributed by atoms with van der Waals surface area (Å²) in [5.41, 5.74) is 2.95. The summed E-state index contributed by atoms with van der Waals surface area (Å²) >= 11 is 5.09. The van der Waals surface area contributed by atoms with Crippen molar-refractivity contribution in [2.24, 2.45) is 0 Å². The number of nitrogens with one attached hydrogen (secondary N) is 3. The van der Waals surface area contributed by atoms with E-state index >= 15 is 0 Å². The van der Waals surface area contributed by atoms with Crippen LogP contribution in [0.5, 0.6) is 5.75 Å².